The standard InChI is InChI=1S/C42H35N3P2/c43-42(45-41-27-26-33(31-44-41)32-16-6-1-7-17-32)34-28-39(46(35-18-8-2-9-19-35)36-20-10-3-11-21-36)30-40(29-34)47(37-22-12-4-13-23-37)38-24-14-5-15-25-38/h1-31,42H,43H2,(H,44,45). The summed E-state index contributed by atoms with van der Waals surface area (Å²) in [6.45, 7) is 0. The quantitative estimate of drug-likeness (QED) is 0.168. The number of hydrogen-bond acceptors (Lipinski definition) is 2. The second-order valence-electron chi connectivity index (χ2n) is 11.2. The van der Waals surface area contributed by atoms with Gasteiger partial charge in [0.05, 0.1) is 0 Å². The molecule has 3 nitrogen and oxygen atoms in total. The summed E-state index contributed by atoms with van der Waals surface area (Å²) in [6.07, 6.45) is 1.44. The smallest absolute Gasteiger partial charge is 0.127 e. The molecule has 0 amide bonds. The Kier molecular flexibility index (Phi) is 9.59. The number of rotatable bonds is 9. The zero-order valence-corrected chi connectivity index (χ0v) is 27.7. The second-order valence-corrected chi connectivity index (χ2v) is 15.6. The second kappa shape index (κ2) is 14.7. The fourth-order valence-electron chi connectivity index (χ4n) is 5.78. The predicted octanol–water partition coefficient (Wildman–Crippen LogP) is 6.76. The minimum Gasteiger partial charge on any atom is -0.346 e. The van der Waals surface area contributed by atoms with Crippen LogP contribution in [-0.4, -0.2) is 4.98 Å². The van der Waals surface area contributed by atoms with E-state index < -0.39 is 22.0 Å². The SMILES string of the molecule is NC(/N=c1/ccc(-c2ccccc2)c[nH]1)c1cc(P(c2ccccc2)c2ccccc2)cc(P(c2ccccc2)c2ccccc2)c1. The summed E-state index contributed by atoms with van der Waals surface area (Å²) < 4.78 is 0. The van der Waals surface area contributed by atoms with Crippen molar-refractivity contribution in [1.82, 2.24) is 4.98 Å². The molecule has 0 saturated carbocycles. The van der Waals surface area contributed by atoms with Gasteiger partial charge in [-0.1, -0.05) is 152 Å². The molecule has 0 spiro atoms. The van der Waals surface area contributed by atoms with Crippen molar-refractivity contribution in [3.63, 3.8) is 0 Å². The highest BCUT2D eigenvalue weighted by Crippen LogP contribution is 2.37. The molecule has 1 aromatic heterocycles. The molecule has 0 bridgehead atoms. The van der Waals surface area contributed by atoms with Gasteiger partial charge in [-0.2, -0.15) is 0 Å². The van der Waals surface area contributed by atoms with E-state index in [9.17, 15) is 0 Å². The minimum absolute atomic E-state index is 0.556. The first kappa shape index (κ1) is 30.7. The summed E-state index contributed by atoms with van der Waals surface area (Å²) in [7, 11) is -1.70. The van der Waals surface area contributed by atoms with E-state index in [1.54, 1.807) is 0 Å². The summed E-state index contributed by atoms with van der Waals surface area (Å²) in [5.74, 6) is 0. The molecule has 1 atom stereocenters. The normalized spacial score (nSPS) is 12.4. The number of nitrogens with two attached hydrogens (primary N) is 1. The molecule has 228 valence electrons. The minimum atomic E-state index is -0.850. The van der Waals surface area contributed by atoms with Gasteiger partial charge in [0.15, 0.2) is 0 Å². The van der Waals surface area contributed by atoms with E-state index in [4.69, 9.17) is 10.7 Å². The topological polar surface area (TPSA) is 54.2 Å². The number of hydrogen-bond donors (Lipinski definition) is 2. The Bertz CT molecular complexity index is 1900. The molecule has 7 aromatic rings. The third-order valence-electron chi connectivity index (χ3n) is 8.02. The Hall–Kier alpha value is -4.91. The van der Waals surface area contributed by atoms with Crippen LogP contribution < -0.4 is 43.0 Å². The van der Waals surface area contributed by atoms with E-state index in [0.717, 1.165) is 22.2 Å². The summed E-state index contributed by atoms with van der Waals surface area (Å²) in [4.78, 5) is 8.37. The van der Waals surface area contributed by atoms with E-state index in [1.807, 2.05) is 30.5 Å². The molecule has 0 aliphatic carbocycles. The number of aromatic nitrogens is 1. The largest absolute Gasteiger partial charge is 0.346 e. The average Bonchev–Trinajstić information content (AvgIpc) is 3.14. The average molecular weight is 644 g/mol. The number of nitrogens with zero attached hydrogens (tertiary/aromatic N) is 1. The number of pyridine rings is 1. The van der Waals surface area contributed by atoms with Crippen LogP contribution in [0.1, 0.15) is 11.7 Å². The van der Waals surface area contributed by atoms with Gasteiger partial charge < -0.3 is 10.7 Å². The molecular weight excluding hydrogens is 608 g/mol. The zero-order chi connectivity index (χ0) is 31.8. The lowest BCUT2D eigenvalue weighted by molar-refractivity contribution is 0.739. The van der Waals surface area contributed by atoms with Gasteiger partial charge in [-0.3, -0.25) is 0 Å². The van der Waals surface area contributed by atoms with Crippen molar-refractivity contribution >= 4 is 47.7 Å². The van der Waals surface area contributed by atoms with Crippen LogP contribution in [0.3, 0.4) is 0 Å². The molecule has 47 heavy (non-hydrogen) atoms. The highest BCUT2D eigenvalue weighted by molar-refractivity contribution is 7.81. The number of benzene rings is 6. The summed E-state index contributed by atoms with van der Waals surface area (Å²) in [5, 5.41) is 7.73. The summed E-state index contributed by atoms with van der Waals surface area (Å²) in [6, 6.07) is 64.8. The van der Waals surface area contributed by atoms with Gasteiger partial charge in [-0.05, 0) is 94.7 Å². The lowest BCUT2D eigenvalue weighted by Crippen LogP contribution is -2.28. The molecule has 6 aromatic carbocycles. The molecule has 7 rings (SSSR count). The highest BCUT2D eigenvalue weighted by Gasteiger charge is 2.23. The van der Waals surface area contributed by atoms with Crippen molar-refractivity contribution < 1.29 is 0 Å². The molecule has 3 N–H and O–H groups in total. The predicted molar refractivity (Wildman–Crippen MR) is 203 cm³/mol. The maximum Gasteiger partial charge on any atom is 0.127 e. The van der Waals surface area contributed by atoms with Crippen molar-refractivity contribution in [2.45, 2.75) is 6.17 Å². The molecule has 0 saturated heterocycles. The van der Waals surface area contributed by atoms with Crippen molar-refractivity contribution in [3.8, 4) is 11.1 Å². The Morgan fingerprint density at radius 2 is 0.830 bits per heavy atom. The lowest BCUT2D eigenvalue weighted by Gasteiger charge is -2.25. The van der Waals surface area contributed by atoms with E-state index in [2.05, 4.69) is 163 Å². The highest BCUT2D eigenvalue weighted by atomic mass is 31.1. The lowest BCUT2D eigenvalue weighted by atomic mass is 10.1. The fourth-order valence-corrected chi connectivity index (χ4v) is 10.6. The van der Waals surface area contributed by atoms with Gasteiger partial charge in [0.1, 0.15) is 11.7 Å². The van der Waals surface area contributed by atoms with Crippen LogP contribution in [0.5, 0.6) is 0 Å². The molecule has 1 unspecified atom stereocenters. The first-order chi connectivity index (χ1) is 23.2. The maximum absolute atomic E-state index is 7.00. The Balaban J connectivity index is 1.39. The molecule has 5 heteroatoms. The molecule has 0 aliphatic rings. The zero-order valence-electron chi connectivity index (χ0n) is 25.9. The van der Waals surface area contributed by atoms with Gasteiger partial charge in [0.25, 0.3) is 0 Å². The molecule has 0 fully saturated rings. The third kappa shape index (κ3) is 7.25. The van der Waals surface area contributed by atoms with Crippen molar-refractivity contribution in [2.24, 2.45) is 10.7 Å². The van der Waals surface area contributed by atoms with Crippen molar-refractivity contribution in [1.29, 1.82) is 0 Å². The van der Waals surface area contributed by atoms with Crippen LogP contribution >= 0.6 is 15.8 Å². The van der Waals surface area contributed by atoms with E-state index in [1.165, 1.54) is 31.8 Å². The van der Waals surface area contributed by atoms with Gasteiger partial charge >= 0.3 is 0 Å². The number of nitrogens with one attached hydrogen (secondary N) is 1. The van der Waals surface area contributed by atoms with Gasteiger partial charge in [0, 0.05) is 6.20 Å². The van der Waals surface area contributed by atoms with Crippen LogP contribution in [0.15, 0.2) is 193 Å². The molecule has 0 radical (unpaired) electrons. The van der Waals surface area contributed by atoms with E-state index >= 15 is 0 Å². The molecular formula is C42H35N3P2. The third-order valence-corrected chi connectivity index (χ3v) is 12.8. The van der Waals surface area contributed by atoms with Crippen LogP contribution in [0.2, 0.25) is 0 Å². The van der Waals surface area contributed by atoms with Crippen LogP contribution in [0.25, 0.3) is 11.1 Å². The van der Waals surface area contributed by atoms with Crippen LogP contribution in [0, 0.1) is 0 Å². The number of H-pyrrole nitrogens is 1. The molecule has 1 heterocycles. The van der Waals surface area contributed by atoms with E-state index in [-0.39, 0.29) is 0 Å². The van der Waals surface area contributed by atoms with Crippen LogP contribution in [0.4, 0.5) is 0 Å². The first-order valence-electron chi connectivity index (χ1n) is 15.7. The molecule has 0 aliphatic heterocycles. The van der Waals surface area contributed by atoms with Gasteiger partial charge in [-0.25, -0.2) is 4.99 Å². The maximum atomic E-state index is 7.00. The van der Waals surface area contributed by atoms with Crippen molar-refractivity contribution in [2.75, 3.05) is 0 Å². The Labute approximate surface area is 279 Å². The van der Waals surface area contributed by atoms with Gasteiger partial charge in [0.2, 0.25) is 0 Å². The fraction of sp³-hybridized carbons (Fsp3) is 0.0238. The first-order valence-corrected chi connectivity index (χ1v) is 18.4. The van der Waals surface area contributed by atoms with Gasteiger partial charge in [-0.15, -0.1) is 0 Å². The summed E-state index contributed by atoms with van der Waals surface area (Å²) in [5.41, 5.74) is 11.0. The Morgan fingerprint density at radius 1 is 0.426 bits per heavy atom. The Morgan fingerprint density at radius 3 is 1.21 bits per heavy atom. The van der Waals surface area contributed by atoms with Crippen LogP contribution in [-0.2, 0) is 0 Å². The summed E-state index contributed by atoms with van der Waals surface area (Å²) >= 11 is 0. The van der Waals surface area contributed by atoms with Crippen molar-refractivity contribution in [3.05, 3.63) is 199 Å². The monoisotopic (exact) mass is 643 g/mol. The number of aromatic amines is 1. The van der Waals surface area contributed by atoms with E-state index in [0.29, 0.717) is 0 Å².